The molecule has 7 heteroatoms. The summed E-state index contributed by atoms with van der Waals surface area (Å²) in [7, 11) is -4.39. The summed E-state index contributed by atoms with van der Waals surface area (Å²) in [6, 6.07) is 7.79. The van der Waals surface area contributed by atoms with E-state index < -0.39 is 7.82 Å². The van der Waals surface area contributed by atoms with Gasteiger partial charge in [0.25, 0.3) is 0 Å². The van der Waals surface area contributed by atoms with E-state index in [0.717, 1.165) is 0 Å². The number of nitrogens with zero attached hydrogens (tertiary/aromatic N) is 1. The van der Waals surface area contributed by atoms with E-state index in [1.807, 2.05) is 5.34 Å². The molecule has 1 rings (SSSR count). The van der Waals surface area contributed by atoms with Crippen LogP contribution in [0.4, 0.5) is 0 Å². The minimum Gasteiger partial charge on any atom is -0.394 e. The smallest absolute Gasteiger partial charge is 0.394 e. The fraction of sp³-hybridized carbons (Fsp3) is 0. The van der Waals surface area contributed by atoms with Crippen LogP contribution in [0.2, 0.25) is 0 Å². The molecule has 0 aliphatic heterocycles. The molecule has 1 aromatic carbocycles. The van der Waals surface area contributed by atoms with Crippen molar-refractivity contribution in [2.75, 3.05) is 0 Å². The lowest BCUT2D eigenvalue weighted by Gasteiger charge is -2.06. The third-order valence-corrected chi connectivity index (χ3v) is 1.82. The van der Waals surface area contributed by atoms with E-state index in [-0.39, 0.29) is 5.75 Å². The molecule has 0 saturated heterocycles. The molecule has 70 valence electrons. The summed E-state index contributed by atoms with van der Waals surface area (Å²) in [5, 5.41) is 1.82. The summed E-state index contributed by atoms with van der Waals surface area (Å²) in [6.07, 6.45) is 0. The summed E-state index contributed by atoms with van der Waals surface area (Å²) in [4.78, 5) is 18.3. The lowest BCUT2D eigenvalue weighted by atomic mass is 10.3. The molecular formula is C6H6NO5P. The summed E-state index contributed by atoms with van der Waals surface area (Å²) in [6.45, 7) is 0. The Morgan fingerprint density at radius 2 is 1.92 bits per heavy atom. The number of phosphoric ester groups is 1. The first-order chi connectivity index (χ1) is 6.14. The molecule has 0 bridgehead atoms. The van der Waals surface area contributed by atoms with Gasteiger partial charge in [-0.3, -0.25) is 4.89 Å². The van der Waals surface area contributed by atoms with Gasteiger partial charge in [-0.25, -0.2) is 9.19 Å². The Kier molecular flexibility index (Phi) is 3.00. The molecule has 1 aromatic rings. The Hall–Kier alpha value is -1.39. The molecule has 0 aliphatic rings. The van der Waals surface area contributed by atoms with Gasteiger partial charge < -0.3 is 4.52 Å². The van der Waals surface area contributed by atoms with Crippen molar-refractivity contribution >= 4 is 7.82 Å². The second-order valence-corrected chi connectivity index (χ2v) is 3.31. The number of phosphoric acid groups is 1. The van der Waals surface area contributed by atoms with Gasteiger partial charge in [0.2, 0.25) is 0 Å². The third kappa shape index (κ3) is 3.23. The number of rotatable bonds is 4. The lowest BCUT2D eigenvalue weighted by molar-refractivity contribution is 0.208. The predicted molar refractivity (Wildman–Crippen MR) is 43.8 cm³/mol. The van der Waals surface area contributed by atoms with Crippen molar-refractivity contribution in [3.05, 3.63) is 35.2 Å². The number of hydrogen-bond acceptors (Lipinski definition) is 5. The molecule has 0 aliphatic carbocycles. The fourth-order valence-corrected chi connectivity index (χ4v) is 1.18. The van der Waals surface area contributed by atoms with Gasteiger partial charge in [0.1, 0.15) is 5.75 Å². The number of para-hydroxylation sites is 1. The highest BCUT2D eigenvalue weighted by molar-refractivity contribution is 7.47. The zero-order chi connectivity index (χ0) is 9.73. The van der Waals surface area contributed by atoms with Gasteiger partial charge in [-0.15, -0.1) is 4.91 Å². The molecule has 0 fully saturated rings. The number of hydrogen-bond donors (Lipinski definition) is 1. The molecule has 0 spiro atoms. The van der Waals surface area contributed by atoms with Crippen molar-refractivity contribution in [1.82, 2.24) is 0 Å². The molecule has 0 heterocycles. The topological polar surface area (TPSA) is 85.2 Å². The van der Waals surface area contributed by atoms with Crippen LogP contribution in [0.1, 0.15) is 0 Å². The first-order valence-electron chi connectivity index (χ1n) is 3.23. The molecule has 0 amide bonds. The van der Waals surface area contributed by atoms with Crippen LogP contribution in [0.25, 0.3) is 0 Å². The summed E-state index contributed by atoms with van der Waals surface area (Å²) in [5.41, 5.74) is 0. The van der Waals surface area contributed by atoms with Crippen LogP contribution in [0, 0.1) is 4.91 Å². The molecule has 13 heavy (non-hydrogen) atoms. The van der Waals surface area contributed by atoms with Gasteiger partial charge in [-0.05, 0) is 12.1 Å². The van der Waals surface area contributed by atoms with Crippen molar-refractivity contribution < 1.29 is 18.6 Å². The maximum atomic E-state index is 10.8. The van der Waals surface area contributed by atoms with Crippen molar-refractivity contribution in [3.8, 4) is 5.75 Å². The molecular weight excluding hydrogens is 197 g/mol. The molecule has 1 atom stereocenters. The normalized spacial score (nSPS) is 14.2. The SMILES string of the molecule is O=NOP(=O)(O)Oc1ccccc1. The quantitative estimate of drug-likeness (QED) is 0.458. The maximum Gasteiger partial charge on any atom is 0.607 e. The molecule has 6 nitrogen and oxygen atoms in total. The highest BCUT2D eigenvalue weighted by Gasteiger charge is 2.25. The summed E-state index contributed by atoms with van der Waals surface area (Å²) in [5.74, 6) is 0.122. The van der Waals surface area contributed by atoms with Crippen LogP contribution in [0.15, 0.2) is 35.7 Å². The first-order valence-corrected chi connectivity index (χ1v) is 4.72. The van der Waals surface area contributed by atoms with Gasteiger partial charge in [-0.1, -0.05) is 18.2 Å². The van der Waals surface area contributed by atoms with Crippen molar-refractivity contribution in [2.45, 2.75) is 0 Å². The molecule has 0 saturated carbocycles. The molecule has 1 unspecified atom stereocenters. The standard InChI is InChI=1S/C6H6NO5P/c8-7-12-13(9,10)11-6-4-2-1-3-5-6/h1-5H,(H,9,10). The minimum absolute atomic E-state index is 0.122. The highest BCUT2D eigenvalue weighted by Crippen LogP contribution is 2.43. The molecule has 0 aromatic heterocycles. The monoisotopic (exact) mass is 203 g/mol. The lowest BCUT2D eigenvalue weighted by Crippen LogP contribution is -1.92. The largest absolute Gasteiger partial charge is 0.607 e. The average Bonchev–Trinajstić information content (AvgIpc) is 2.04. The van der Waals surface area contributed by atoms with E-state index >= 15 is 0 Å². The Morgan fingerprint density at radius 1 is 1.31 bits per heavy atom. The minimum atomic E-state index is -4.39. The first kappa shape index (κ1) is 9.70. The van der Waals surface area contributed by atoms with Crippen LogP contribution in [-0.4, -0.2) is 4.89 Å². The highest BCUT2D eigenvalue weighted by atomic mass is 31.2. The zero-order valence-electron chi connectivity index (χ0n) is 6.36. The van der Waals surface area contributed by atoms with E-state index in [2.05, 4.69) is 9.15 Å². The Balaban J connectivity index is 2.69. The van der Waals surface area contributed by atoms with Crippen molar-refractivity contribution in [1.29, 1.82) is 0 Å². The van der Waals surface area contributed by atoms with E-state index in [0.29, 0.717) is 0 Å². The second kappa shape index (κ2) is 4.02. The van der Waals surface area contributed by atoms with Crippen LogP contribution in [0.5, 0.6) is 5.75 Å². The van der Waals surface area contributed by atoms with Gasteiger partial charge in [0.15, 0.2) is 5.34 Å². The van der Waals surface area contributed by atoms with Crippen LogP contribution in [-0.2, 0) is 9.19 Å². The second-order valence-electron chi connectivity index (χ2n) is 2.03. The summed E-state index contributed by atoms with van der Waals surface area (Å²) >= 11 is 0. The third-order valence-electron chi connectivity index (χ3n) is 1.10. The van der Waals surface area contributed by atoms with Crippen molar-refractivity contribution in [3.63, 3.8) is 0 Å². The summed E-state index contributed by atoms with van der Waals surface area (Å²) < 4.78 is 18.8. The average molecular weight is 203 g/mol. The van der Waals surface area contributed by atoms with E-state index in [1.54, 1.807) is 18.2 Å². The zero-order valence-corrected chi connectivity index (χ0v) is 7.26. The number of benzene rings is 1. The van der Waals surface area contributed by atoms with Gasteiger partial charge >= 0.3 is 7.82 Å². The van der Waals surface area contributed by atoms with Gasteiger partial charge in [0, 0.05) is 0 Å². The fourth-order valence-electron chi connectivity index (χ4n) is 0.673. The predicted octanol–water partition coefficient (Wildman–Crippen LogP) is 1.86. The van der Waals surface area contributed by atoms with Crippen molar-refractivity contribution in [2.24, 2.45) is 5.34 Å². The van der Waals surface area contributed by atoms with E-state index in [4.69, 9.17) is 4.89 Å². The van der Waals surface area contributed by atoms with Gasteiger partial charge in [-0.2, -0.15) is 0 Å². The van der Waals surface area contributed by atoms with Crippen LogP contribution in [0.3, 0.4) is 0 Å². The Morgan fingerprint density at radius 3 is 2.46 bits per heavy atom. The van der Waals surface area contributed by atoms with Gasteiger partial charge in [0.05, 0.1) is 0 Å². The van der Waals surface area contributed by atoms with Crippen LogP contribution >= 0.6 is 7.82 Å². The Labute approximate surface area is 73.7 Å². The van der Waals surface area contributed by atoms with E-state index in [9.17, 15) is 9.47 Å². The Bertz CT molecular complexity index is 327. The van der Waals surface area contributed by atoms with E-state index in [1.165, 1.54) is 12.1 Å². The molecule has 1 N–H and O–H groups in total. The molecule has 0 radical (unpaired) electrons. The van der Waals surface area contributed by atoms with Crippen LogP contribution < -0.4 is 4.52 Å². The maximum absolute atomic E-state index is 10.8.